The summed E-state index contributed by atoms with van der Waals surface area (Å²) in [5, 5.41) is 0.731. The average Bonchev–Trinajstić information content (AvgIpc) is 2.43. The van der Waals surface area contributed by atoms with Gasteiger partial charge >= 0.3 is 0 Å². The molecule has 2 aromatic rings. The molecule has 0 heterocycles. The molecule has 20 heavy (non-hydrogen) atoms. The molecule has 0 aliphatic rings. The number of rotatable bonds is 4. The molecule has 0 fully saturated rings. The highest BCUT2D eigenvalue weighted by Crippen LogP contribution is 2.25. The van der Waals surface area contributed by atoms with Gasteiger partial charge in [0, 0.05) is 11.1 Å². The predicted molar refractivity (Wildman–Crippen MR) is 84.1 cm³/mol. The van der Waals surface area contributed by atoms with E-state index in [0.717, 1.165) is 21.7 Å². The number of hydrogen-bond acceptors (Lipinski definition) is 2. The molecule has 0 spiro atoms. The van der Waals surface area contributed by atoms with E-state index in [1.807, 2.05) is 25.1 Å². The first kappa shape index (κ1) is 15.4. The van der Waals surface area contributed by atoms with E-state index in [1.165, 1.54) is 6.07 Å². The SMILES string of the molecule is Cc1cc(C(Cc2ccc(F)c(Br)c2)NN)ccc1Cl. The Morgan fingerprint density at radius 1 is 1.30 bits per heavy atom. The molecule has 2 nitrogen and oxygen atoms in total. The number of benzene rings is 2. The molecule has 1 unspecified atom stereocenters. The molecule has 0 saturated heterocycles. The first-order valence-electron chi connectivity index (χ1n) is 6.17. The van der Waals surface area contributed by atoms with Crippen LogP contribution in [-0.4, -0.2) is 0 Å². The fourth-order valence-corrected chi connectivity index (χ4v) is 2.60. The van der Waals surface area contributed by atoms with Crippen molar-refractivity contribution in [3.05, 3.63) is 68.4 Å². The Morgan fingerprint density at radius 3 is 2.65 bits per heavy atom. The Kier molecular flexibility index (Phi) is 5.16. The van der Waals surface area contributed by atoms with Crippen molar-refractivity contribution in [3.63, 3.8) is 0 Å². The number of nitrogens with one attached hydrogen (secondary N) is 1. The molecular formula is C15H15BrClFN2. The number of hydrogen-bond donors (Lipinski definition) is 2. The normalized spacial score (nSPS) is 12.4. The quantitative estimate of drug-likeness (QED) is 0.632. The third-order valence-electron chi connectivity index (χ3n) is 3.21. The van der Waals surface area contributed by atoms with Crippen LogP contribution < -0.4 is 11.3 Å². The van der Waals surface area contributed by atoms with Gasteiger partial charge in [-0.25, -0.2) is 4.39 Å². The molecule has 2 aromatic carbocycles. The number of nitrogens with two attached hydrogens (primary N) is 1. The van der Waals surface area contributed by atoms with Gasteiger partial charge in [0.1, 0.15) is 5.82 Å². The van der Waals surface area contributed by atoms with Crippen molar-refractivity contribution < 1.29 is 4.39 Å². The van der Waals surface area contributed by atoms with Crippen molar-refractivity contribution in [2.24, 2.45) is 5.84 Å². The third-order valence-corrected chi connectivity index (χ3v) is 4.24. The lowest BCUT2D eigenvalue weighted by Crippen LogP contribution is -2.29. The first-order chi connectivity index (χ1) is 9.51. The molecule has 0 aliphatic carbocycles. The predicted octanol–water partition coefficient (Wildman–Crippen LogP) is 4.30. The third kappa shape index (κ3) is 3.58. The van der Waals surface area contributed by atoms with Gasteiger partial charge in [0.2, 0.25) is 0 Å². The van der Waals surface area contributed by atoms with Crippen LogP contribution in [0.4, 0.5) is 4.39 Å². The maximum Gasteiger partial charge on any atom is 0.137 e. The monoisotopic (exact) mass is 356 g/mol. The van der Waals surface area contributed by atoms with Gasteiger partial charge in [-0.2, -0.15) is 0 Å². The minimum atomic E-state index is -0.270. The van der Waals surface area contributed by atoms with Crippen LogP contribution in [0.1, 0.15) is 22.7 Å². The van der Waals surface area contributed by atoms with Crippen LogP contribution in [0, 0.1) is 12.7 Å². The van der Waals surface area contributed by atoms with E-state index >= 15 is 0 Å². The fourth-order valence-electron chi connectivity index (χ4n) is 2.06. The van der Waals surface area contributed by atoms with E-state index in [-0.39, 0.29) is 11.9 Å². The lowest BCUT2D eigenvalue weighted by Gasteiger charge is -2.17. The molecule has 2 rings (SSSR count). The highest BCUT2D eigenvalue weighted by molar-refractivity contribution is 9.10. The zero-order valence-corrected chi connectivity index (χ0v) is 13.3. The largest absolute Gasteiger partial charge is 0.271 e. The second-order valence-corrected chi connectivity index (χ2v) is 5.94. The van der Waals surface area contributed by atoms with Crippen molar-refractivity contribution in [3.8, 4) is 0 Å². The number of aryl methyl sites for hydroxylation is 1. The molecule has 0 radical (unpaired) electrons. The van der Waals surface area contributed by atoms with Crippen molar-refractivity contribution in [1.82, 2.24) is 5.43 Å². The van der Waals surface area contributed by atoms with E-state index < -0.39 is 0 Å². The second-order valence-electron chi connectivity index (χ2n) is 4.68. The van der Waals surface area contributed by atoms with Gasteiger partial charge < -0.3 is 0 Å². The van der Waals surface area contributed by atoms with Crippen molar-refractivity contribution >= 4 is 27.5 Å². The fraction of sp³-hybridized carbons (Fsp3) is 0.200. The summed E-state index contributed by atoms with van der Waals surface area (Å²) in [6.45, 7) is 1.95. The molecule has 0 amide bonds. The Hall–Kier alpha value is -0.940. The minimum Gasteiger partial charge on any atom is -0.271 e. The summed E-state index contributed by atoms with van der Waals surface area (Å²) in [5.74, 6) is 5.37. The molecule has 5 heteroatoms. The number of hydrazine groups is 1. The maximum atomic E-state index is 13.2. The Bertz CT molecular complexity index is 619. The second kappa shape index (κ2) is 6.68. The van der Waals surface area contributed by atoms with Crippen LogP contribution in [0.25, 0.3) is 0 Å². The van der Waals surface area contributed by atoms with E-state index in [2.05, 4.69) is 21.4 Å². The van der Waals surface area contributed by atoms with Gasteiger partial charge in [-0.15, -0.1) is 0 Å². The Morgan fingerprint density at radius 2 is 2.05 bits per heavy atom. The molecule has 0 saturated carbocycles. The molecule has 3 N–H and O–H groups in total. The van der Waals surface area contributed by atoms with Crippen molar-refractivity contribution in [2.75, 3.05) is 0 Å². The molecule has 0 aromatic heterocycles. The maximum absolute atomic E-state index is 13.2. The average molecular weight is 358 g/mol. The van der Waals surface area contributed by atoms with Gasteiger partial charge in [0.05, 0.1) is 4.47 Å². The topological polar surface area (TPSA) is 38.0 Å². The van der Waals surface area contributed by atoms with E-state index in [9.17, 15) is 4.39 Å². The summed E-state index contributed by atoms with van der Waals surface area (Å²) in [4.78, 5) is 0. The highest BCUT2D eigenvalue weighted by Gasteiger charge is 2.12. The summed E-state index contributed by atoms with van der Waals surface area (Å²) in [6.07, 6.45) is 0.663. The zero-order valence-electron chi connectivity index (χ0n) is 11.0. The lowest BCUT2D eigenvalue weighted by atomic mass is 9.98. The highest BCUT2D eigenvalue weighted by atomic mass is 79.9. The summed E-state index contributed by atoms with van der Waals surface area (Å²) < 4.78 is 13.7. The zero-order chi connectivity index (χ0) is 14.7. The van der Waals surface area contributed by atoms with E-state index in [0.29, 0.717) is 10.9 Å². The van der Waals surface area contributed by atoms with Crippen LogP contribution in [0.15, 0.2) is 40.9 Å². The Labute approximate surface area is 131 Å². The van der Waals surface area contributed by atoms with Crippen LogP contribution in [-0.2, 0) is 6.42 Å². The van der Waals surface area contributed by atoms with Crippen LogP contribution >= 0.6 is 27.5 Å². The van der Waals surface area contributed by atoms with Gasteiger partial charge in [0.15, 0.2) is 0 Å². The van der Waals surface area contributed by atoms with Crippen LogP contribution in [0.2, 0.25) is 5.02 Å². The van der Waals surface area contributed by atoms with Gasteiger partial charge in [-0.1, -0.05) is 29.8 Å². The molecule has 1 atom stereocenters. The molecular weight excluding hydrogens is 343 g/mol. The first-order valence-corrected chi connectivity index (χ1v) is 7.34. The van der Waals surface area contributed by atoms with Crippen LogP contribution in [0.3, 0.4) is 0 Å². The Balaban J connectivity index is 2.23. The van der Waals surface area contributed by atoms with Gasteiger partial charge in [-0.3, -0.25) is 11.3 Å². The smallest absolute Gasteiger partial charge is 0.137 e. The standard InChI is InChI=1S/C15H15BrClFN2/c1-9-6-11(3-4-13(9)17)15(20-19)8-10-2-5-14(18)12(16)7-10/h2-7,15,20H,8,19H2,1H3. The molecule has 106 valence electrons. The molecule has 0 bridgehead atoms. The van der Waals surface area contributed by atoms with Gasteiger partial charge in [-0.05, 0) is 64.2 Å². The number of halogens is 3. The summed E-state index contributed by atoms with van der Waals surface area (Å²) in [5.41, 5.74) is 5.84. The minimum absolute atomic E-state index is 0.0525. The summed E-state index contributed by atoms with van der Waals surface area (Å²) >= 11 is 9.22. The van der Waals surface area contributed by atoms with Crippen LogP contribution in [0.5, 0.6) is 0 Å². The van der Waals surface area contributed by atoms with E-state index in [4.69, 9.17) is 17.4 Å². The van der Waals surface area contributed by atoms with Gasteiger partial charge in [0.25, 0.3) is 0 Å². The summed E-state index contributed by atoms with van der Waals surface area (Å²) in [7, 11) is 0. The lowest BCUT2D eigenvalue weighted by molar-refractivity contribution is 0.550. The molecule has 0 aliphatic heterocycles. The van der Waals surface area contributed by atoms with E-state index in [1.54, 1.807) is 12.1 Å². The van der Waals surface area contributed by atoms with Crippen molar-refractivity contribution in [1.29, 1.82) is 0 Å². The summed E-state index contributed by atoms with van der Waals surface area (Å²) in [6, 6.07) is 10.7. The van der Waals surface area contributed by atoms with Crippen molar-refractivity contribution in [2.45, 2.75) is 19.4 Å².